The smallest absolute Gasteiger partial charge is 0.342 e. The van der Waals surface area contributed by atoms with Gasteiger partial charge in [0, 0.05) is 17.1 Å². The van der Waals surface area contributed by atoms with Crippen molar-refractivity contribution < 1.29 is 14.6 Å². The van der Waals surface area contributed by atoms with Gasteiger partial charge < -0.3 is 9.84 Å². The van der Waals surface area contributed by atoms with E-state index in [2.05, 4.69) is 10.1 Å². The average molecular weight is 378 g/mol. The van der Waals surface area contributed by atoms with Crippen molar-refractivity contribution in [3.63, 3.8) is 0 Å². The lowest BCUT2D eigenvalue weighted by molar-refractivity contribution is 0.0525. The Bertz CT molecular complexity index is 1090. The summed E-state index contributed by atoms with van der Waals surface area (Å²) in [5.74, 6) is -0.569. The van der Waals surface area contributed by atoms with Crippen molar-refractivity contribution in [2.75, 3.05) is 6.61 Å². The third-order valence-electron chi connectivity index (χ3n) is 4.41. The summed E-state index contributed by atoms with van der Waals surface area (Å²) in [6.07, 6.45) is 3.12. The van der Waals surface area contributed by atoms with Gasteiger partial charge in [0.25, 0.3) is 0 Å². The van der Waals surface area contributed by atoms with E-state index < -0.39 is 11.6 Å². The van der Waals surface area contributed by atoms with Gasteiger partial charge in [-0.25, -0.2) is 9.48 Å². The second-order valence-electron chi connectivity index (χ2n) is 7.18. The molecule has 0 bridgehead atoms. The first-order chi connectivity index (χ1) is 13.2. The number of nitriles is 1. The minimum atomic E-state index is -1.09. The molecule has 28 heavy (non-hydrogen) atoms. The second-order valence-corrected chi connectivity index (χ2v) is 7.18. The fourth-order valence-electron chi connectivity index (χ4n) is 3.13. The van der Waals surface area contributed by atoms with Gasteiger partial charge in [0.1, 0.15) is 11.6 Å². The highest BCUT2D eigenvalue weighted by molar-refractivity contribution is 5.91. The van der Waals surface area contributed by atoms with Crippen LogP contribution >= 0.6 is 0 Å². The van der Waals surface area contributed by atoms with Gasteiger partial charge in [-0.1, -0.05) is 0 Å². The van der Waals surface area contributed by atoms with Crippen molar-refractivity contribution >= 4 is 16.9 Å². The standard InChI is InChI=1S/C21H22N4O3/c1-5-28-20(26)16-11-24-25(18(16)9-22)12-14-7-15-6-13(2)10-23-19(15)17(8-14)21(3,4)27/h6-8,10-11,27H,5,12H2,1-4H3. The van der Waals surface area contributed by atoms with Crippen LogP contribution in [0.2, 0.25) is 0 Å². The predicted molar refractivity (Wildman–Crippen MR) is 104 cm³/mol. The summed E-state index contributed by atoms with van der Waals surface area (Å²) in [4.78, 5) is 16.5. The first-order valence-electron chi connectivity index (χ1n) is 8.99. The minimum Gasteiger partial charge on any atom is -0.462 e. The molecule has 3 aromatic rings. The molecule has 1 N–H and O–H groups in total. The number of ether oxygens (including phenoxy) is 1. The molecule has 144 valence electrons. The van der Waals surface area contributed by atoms with Crippen LogP contribution in [0.1, 0.15) is 53.5 Å². The fraction of sp³-hybridized carbons (Fsp3) is 0.333. The predicted octanol–water partition coefficient (Wildman–Crippen LogP) is 3.06. The van der Waals surface area contributed by atoms with E-state index in [-0.39, 0.29) is 24.4 Å². The maximum absolute atomic E-state index is 12.0. The monoisotopic (exact) mass is 378 g/mol. The number of aryl methyl sites for hydroxylation is 1. The summed E-state index contributed by atoms with van der Waals surface area (Å²) in [5.41, 5.74) is 2.47. The summed E-state index contributed by atoms with van der Waals surface area (Å²) in [5, 5.41) is 25.2. The van der Waals surface area contributed by atoms with Crippen molar-refractivity contribution in [3.05, 3.63) is 58.5 Å². The lowest BCUT2D eigenvalue weighted by atomic mass is 9.93. The quantitative estimate of drug-likeness (QED) is 0.685. The number of carbonyl (C=O) groups excluding carboxylic acids is 1. The molecule has 3 rings (SSSR count). The molecule has 0 aliphatic carbocycles. The highest BCUT2D eigenvalue weighted by Gasteiger charge is 2.22. The summed E-state index contributed by atoms with van der Waals surface area (Å²) in [6, 6.07) is 7.85. The summed E-state index contributed by atoms with van der Waals surface area (Å²) < 4.78 is 6.45. The molecule has 0 atom stereocenters. The topological polar surface area (TPSA) is 101 Å². The van der Waals surface area contributed by atoms with E-state index in [4.69, 9.17) is 4.74 Å². The molecule has 2 aromatic heterocycles. The number of benzene rings is 1. The Morgan fingerprint density at radius 3 is 2.71 bits per heavy atom. The third-order valence-corrected chi connectivity index (χ3v) is 4.41. The van der Waals surface area contributed by atoms with Gasteiger partial charge in [0.2, 0.25) is 0 Å². The first kappa shape index (κ1) is 19.5. The highest BCUT2D eigenvalue weighted by atomic mass is 16.5. The Morgan fingerprint density at radius 1 is 1.32 bits per heavy atom. The average Bonchev–Trinajstić information content (AvgIpc) is 3.02. The maximum Gasteiger partial charge on any atom is 0.342 e. The minimum absolute atomic E-state index is 0.144. The van der Waals surface area contributed by atoms with Gasteiger partial charge >= 0.3 is 5.97 Å². The molecule has 7 heteroatoms. The number of nitrogens with zero attached hydrogens (tertiary/aromatic N) is 4. The number of carbonyl (C=O) groups is 1. The molecule has 0 saturated heterocycles. The van der Waals surface area contributed by atoms with Crippen molar-refractivity contribution in [1.82, 2.24) is 14.8 Å². The number of rotatable bonds is 5. The molecule has 1 aromatic carbocycles. The molecular weight excluding hydrogens is 356 g/mol. The lowest BCUT2D eigenvalue weighted by Crippen LogP contribution is -2.17. The van der Waals surface area contributed by atoms with Gasteiger partial charge in [-0.05, 0) is 57.0 Å². The maximum atomic E-state index is 12.0. The Morgan fingerprint density at radius 2 is 2.07 bits per heavy atom. The van der Waals surface area contributed by atoms with Crippen LogP contribution in [-0.2, 0) is 16.9 Å². The van der Waals surface area contributed by atoms with Crippen LogP contribution in [-0.4, -0.2) is 32.4 Å². The number of pyridine rings is 1. The van der Waals surface area contributed by atoms with Gasteiger partial charge in [-0.3, -0.25) is 4.98 Å². The van der Waals surface area contributed by atoms with Crippen LogP contribution in [0.5, 0.6) is 0 Å². The van der Waals surface area contributed by atoms with Crippen molar-refractivity contribution in [2.45, 2.75) is 39.8 Å². The number of esters is 1. The van der Waals surface area contributed by atoms with Crippen molar-refractivity contribution in [2.24, 2.45) is 0 Å². The number of fused-ring (bicyclic) bond motifs is 1. The Kier molecular flexibility index (Phi) is 5.16. The van der Waals surface area contributed by atoms with Crippen molar-refractivity contribution in [1.29, 1.82) is 5.26 Å². The Hall–Kier alpha value is -3.24. The van der Waals surface area contributed by atoms with Crippen LogP contribution < -0.4 is 0 Å². The zero-order valence-electron chi connectivity index (χ0n) is 16.4. The second kappa shape index (κ2) is 7.41. The van der Waals surface area contributed by atoms with Crippen LogP contribution in [0.25, 0.3) is 10.9 Å². The Balaban J connectivity index is 2.08. The van der Waals surface area contributed by atoms with E-state index in [9.17, 15) is 15.2 Å². The molecule has 0 aliphatic heterocycles. The molecule has 0 unspecified atom stereocenters. The first-order valence-corrected chi connectivity index (χ1v) is 8.99. The molecule has 0 spiro atoms. The summed E-state index contributed by atoms with van der Waals surface area (Å²) in [6.45, 7) is 7.57. The molecular formula is C21H22N4O3. The van der Waals surface area contributed by atoms with E-state index in [1.807, 2.05) is 31.2 Å². The van der Waals surface area contributed by atoms with Gasteiger partial charge in [-0.15, -0.1) is 0 Å². The molecule has 7 nitrogen and oxygen atoms in total. The normalized spacial score (nSPS) is 11.4. The van der Waals surface area contributed by atoms with Crippen LogP contribution in [0.3, 0.4) is 0 Å². The van der Waals surface area contributed by atoms with E-state index >= 15 is 0 Å². The van der Waals surface area contributed by atoms with Crippen LogP contribution in [0.4, 0.5) is 0 Å². The molecule has 0 aliphatic rings. The summed E-state index contributed by atoms with van der Waals surface area (Å²) >= 11 is 0. The number of aliphatic hydroxyl groups is 1. The molecule has 0 fully saturated rings. The number of aromatic nitrogens is 3. The molecule has 0 amide bonds. The highest BCUT2D eigenvalue weighted by Crippen LogP contribution is 2.29. The zero-order valence-corrected chi connectivity index (χ0v) is 16.4. The fourth-order valence-corrected chi connectivity index (χ4v) is 3.13. The SMILES string of the molecule is CCOC(=O)c1cnn(Cc2cc(C(C)(C)O)c3ncc(C)cc3c2)c1C#N. The van der Waals surface area contributed by atoms with E-state index in [0.29, 0.717) is 5.56 Å². The van der Waals surface area contributed by atoms with E-state index in [1.165, 1.54) is 10.9 Å². The zero-order chi connectivity index (χ0) is 20.5. The molecule has 0 saturated carbocycles. The largest absolute Gasteiger partial charge is 0.462 e. The van der Waals surface area contributed by atoms with Gasteiger partial charge in [0.05, 0.1) is 30.5 Å². The molecule has 2 heterocycles. The van der Waals surface area contributed by atoms with Gasteiger partial charge in [0.15, 0.2) is 5.69 Å². The van der Waals surface area contributed by atoms with E-state index in [1.54, 1.807) is 27.0 Å². The summed E-state index contributed by atoms with van der Waals surface area (Å²) in [7, 11) is 0. The number of hydrogen-bond donors (Lipinski definition) is 1. The van der Waals surface area contributed by atoms with Crippen molar-refractivity contribution in [3.8, 4) is 6.07 Å². The molecule has 0 radical (unpaired) electrons. The van der Waals surface area contributed by atoms with E-state index in [0.717, 1.165) is 22.0 Å². The van der Waals surface area contributed by atoms with Crippen LogP contribution in [0, 0.1) is 18.3 Å². The lowest BCUT2D eigenvalue weighted by Gasteiger charge is -2.21. The third kappa shape index (κ3) is 3.73. The van der Waals surface area contributed by atoms with Crippen LogP contribution in [0.15, 0.2) is 30.6 Å². The number of hydrogen-bond acceptors (Lipinski definition) is 6. The Labute approximate surface area is 163 Å². The van der Waals surface area contributed by atoms with Gasteiger partial charge in [-0.2, -0.15) is 10.4 Å².